The first-order valence-electron chi connectivity index (χ1n) is 6.49. The smallest absolute Gasteiger partial charge is 0.165 e. The SMILES string of the molecule is COc1ccc(CN2CCC(C(=N)N)CC2)cc1F. The summed E-state index contributed by atoms with van der Waals surface area (Å²) in [5, 5.41) is 7.44. The predicted molar refractivity (Wildman–Crippen MR) is 72.9 cm³/mol. The minimum Gasteiger partial charge on any atom is -0.494 e. The van der Waals surface area contributed by atoms with E-state index >= 15 is 0 Å². The Morgan fingerprint density at radius 1 is 1.47 bits per heavy atom. The summed E-state index contributed by atoms with van der Waals surface area (Å²) < 4.78 is 18.5. The summed E-state index contributed by atoms with van der Waals surface area (Å²) in [5.74, 6) is 0.455. The Hall–Kier alpha value is -1.62. The molecule has 1 aliphatic rings. The lowest BCUT2D eigenvalue weighted by molar-refractivity contribution is 0.201. The molecule has 0 spiro atoms. The van der Waals surface area contributed by atoms with Crippen LogP contribution in [-0.2, 0) is 6.54 Å². The van der Waals surface area contributed by atoms with E-state index in [2.05, 4.69) is 4.90 Å². The van der Waals surface area contributed by atoms with Crippen LogP contribution in [0.15, 0.2) is 18.2 Å². The molecule has 3 N–H and O–H groups in total. The molecule has 0 aromatic heterocycles. The van der Waals surface area contributed by atoms with Crippen LogP contribution >= 0.6 is 0 Å². The van der Waals surface area contributed by atoms with Gasteiger partial charge >= 0.3 is 0 Å². The van der Waals surface area contributed by atoms with E-state index in [-0.39, 0.29) is 23.3 Å². The molecular formula is C14H20FN3O. The van der Waals surface area contributed by atoms with Crippen molar-refractivity contribution in [3.63, 3.8) is 0 Å². The molecule has 1 fully saturated rings. The molecule has 0 unspecified atom stereocenters. The number of hydrogen-bond donors (Lipinski definition) is 2. The summed E-state index contributed by atoms with van der Waals surface area (Å²) >= 11 is 0. The van der Waals surface area contributed by atoms with Gasteiger partial charge in [-0.1, -0.05) is 6.07 Å². The van der Waals surface area contributed by atoms with Crippen LogP contribution in [0.1, 0.15) is 18.4 Å². The van der Waals surface area contributed by atoms with Crippen LogP contribution in [0.25, 0.3) is 0 Å². The summed E-state index contributed by atoms with van der Waals surface area (Å²) in [6.45, 7) is 2.53. The molecule has 0 saturated carbocycles. The van der Waals surface area contributed by atoms with Crippen molar-refractivity contribution in [1.82, 2.24) is 4.90 Å². The number of halogens is 1. The Balaban J connectivity index is 1.92. The third-order valence-electron chi connectivity index (χ3n) is 3.65. The van der Waals surface area contributed by atoms with Gasteiger partial charge in [-0.2, -0.15) is 0 Å². The Kier molecular flexibility index (Phi) is 4.37. The van der Waals surface area contributed by atoms with Crippen LogP contribution in [-0.4, -0.2) is 30.9 Å². The molecule has 5 heteroatoms. The lowest BCUT2D eigenvalue weighted by Gasteiger charge is -2.31. The van der Waals surface area contributed by atoms with Crippen molar-refractivity contribution in [2.75, 3.05) is 20.2 Å². The van der Waals surface area contributed by atoms with Gasteiger partial charge in [0.1, 0.15) is 0 Å². The van der Waals surface area contributed by atoms with Gasteiger partial charge in [-0.25, -0.2) is 4.39 Å². The molecule has 1 heterocycles. The second-order valence-corrected chi connectivity index (χ2v) is 4.97. The fraction of sp³-hybridized carbons (Fsp3) is 0.500. The second kappa shape index (κ2) is 6.02. The van der Waals surface area contributed by atoms with Gasteiger partial charge in [0.25, 0.3) is 0 Å². The zero-order valence-electron chi connectivity index (χ0n) is 11.2. The highest BCUT2D eigenvalue weighted by Gasteiger charge is 2.21. The number of likely N-dealkylation sites (tertiary alicyclic amines) is 1. The normalized spacial score (nSPS) is 17.4. The van der Waals surface area contributed by atoms with Gasteiger partial charge in [-0.05, 0) is 43.6 Å². The second-order valence-electron chi connectivity index (χ2n) is 4.97. The molecular weight excluding hydrogens is 245 g/mol. The van der Waals surface area contributed by atoms with Gasteiger partial charge in [-0.3, -0.25) is 10.3 Å². The highest BCUT2D eigenvalue weighted by atomic mass is 19.1. The Bertz CT molecular complexity index is 456. The van der Waals surface area contributed by atoms with Crippen molar-refractivity contribution < 1.29 is 9.13 Å². The first-order valence-corrected chi connectivity index (χ1v) is 6.49. The molecule has 1 aromatic rings. The first-order chi connectivity index (χ1) is 9.10. The van der Waals surface area contributed by atoms with Crippen LogP contribution < -0.4 is 10.5 Å². The summed E-state index contributed by atoms with van der Waals surface area (Å²) in [4.78, 5) is 2.26. The number of methoxy groups -OCH3 is 1. The lowest BCUT2D eigenvalue weighted by atomic mass is 9.95. The van der Waals surface area contributed by atoms with Gasteiger partial charge in [0.2, 0.25) is 0 Å². The maximum atomic E-state index is 13.6. The molecule has 0 aliphatic carbocycles. The molecule has 4 nitrogen and oxygen atoms in total. The third kappa shape index (κ3) is 3.44. The van der Waals surface area contributed by atoms with E-state index in [1.54, 1.807) is 6.07 Å². The molecule has 0 radical (unpaired) electrons. The Morgan fingerprint density at radius 2 is 2.16 bits per heavy atom. The number of nitrogens with zero attached hydrogens (tertiary/aromatic N) is 1. The van der Waals surface area contributed by atoms with E-state index in [0.717, 1.165) is 38.0 Å². The molecule has 0 amide bonds. The van der Waals surface area contributed by atoms with Crippen LogP contribution in [0.5, 0.6) is 5.75 Å². The molecule has 1 aliphatic heterocycles. The molecule has 2 rings (SSSR count). The largest absolute Gasteiger partial charge is 0.494 e. The summed E-state index contributed by atoms with van der Waals surface area (Å²) in [6.07, 6.45) is 1.82. The third-order valence-corrected chi connectivity index (χ3v) is 3.65. The molecule has 1 saturated heterocycles. The monoisotopic (exact) mass is 265 g/mol. The molecule has 0 atom stereocenters. The topological polar surface area (TPSA) is 62.3 Å². The maximum absolute atomic E-state index is 13.6. The van der Waals surface area contributed by atoms with Crippen LogP contribution in [0.4, 0.5) is 4.39 Å². The Labute approximate surface area is 112 Å². The number of amidine groups is 1. The number of nitrogens with one attached hydrogen (secondary N) is 1. The van der Waals surface area contributed by atoms with Crippen LogP contribution in [0, 0.1) is 17.1 Å². The van der Waals surface area contributed by atoms with Crippen molar-refractivity contribution in [2.24, 2.45) is 11.7 Å². The van der Waals surface area contributed by atoms with Gasteiger partial charge < -0.3 is 10.5 Å². The zero-order chi connectivity index (χ0) is 13.8. The van der Waals surface area contributed by atoms with E-state index in [1.807, 2.05) is 6.07 Å². The summed E-state index contributed by atoms with van der Waals surface area (Å²) in [6, 6.07) is 5.07. The molecule has 104 valence electrons. The van der Waals surface area contributed by atoms with Crippen molar-refractivity contribution in [3.05, 3.63) is 29.6 Å². The van der Waals surface area contributed by atoms with E-state index in [9.17, 15) is 4.39 Å². The average molecular weight is 265 g/mol. The van der Waals surface area contributed by atoms with Gasteiger partial charge in [0.15, 0.2) is 11.6 Å². The number of ether oxygens (including phenoxy) is 1. The average Bonchev–Trinajstić information content (AvgIpc) is 2.39. The molecule has 1 aromatic carbocycles. The number of hydrogen-bond acceptors (Lipinski definition) is 3. The van der Waals surface area contributed by atoms with Gasteiger partial charge in [0.05, 0.1) is 12.9 Å². The molecule has 0 bridgehead atoms. The minimum absolute atomic E-state index is 0.212. The summed E-state index contributed by atoms with van der Waals surface area (Å²) in [5.41, 5.74) is 6.46. The van der Waals surface area contributed by atoms with Crippen LogP contribution in [0.2, 0.25) is 0 Å². The standard InChI is InChI=1S/C14H20FN3O/c1-19-13-3-2-10(8-12(13)15)9-18-6-4-11(5-7-18)14(16)17/h2-3,8,11H,4-7,9H2,1H3,(H3,16,17). The maximum Gasteiger partial charge on any atom is 0.165 e. The van der Waals surface area contributed by atoms with E-state index < -0.39 is 0 Å². The predicted octanol–water partition coefficient (Wildman–Crippen LogP) is 1.98. The number of benzene rings is 1. The van der Waals surface area contributed by atoms with Gasteiger partial charge in [-0.15, -0.1) is 0 Å². The summed E-state index contributed by atoms with van der Waals surface area (Å²) in [7, 11) is 1.46. The van der Waals surface area contributed by atoms with Crippen molar-refractivity contribution in [3.8, 4) is 5.75 Å². The number of nitrogens with two attached hydrogens (primary N) is 1. The Morgan fingerprint density at radius 3 is 2.68 bits per heavy atom. The lowest BCUT2D eigenvalue weighted by Crippen LogP contribution is -2.37. The highest BCUT2D eigenvalue weighted by molar-refractivity contribution is 5.79. The van der Waals surface area contributed by atoms with Crippen LogP contribution in [0.3, 0.4) is 0 Å². The van der Waals surface area contributed by atoms with Crippen molar-refractivity contribution >= 4 is 5.84 Å². The van der Waals surface area contributed by atoms with E-state index in [0.29, 0.717) is 0 Å². The number of piperidine rings is 1. The minimum atomic E-state index is -0.321. The fourth-order valence-electron chi connectivity index (χ4n) is 2.47. The van der Waals surface area contributed by atoms with Crippen molar-refractivity contribution in [2.45, 2.75) is 19.4 Å². The number of rotatable bonds is 4. The van der Waals surface area contributed by atoms with E-state index in [1.165, 1.54) is 13.2 Å². The molecule has 19 heavy (non-hydrogen) atoms. The zero-order valence-corrected chi connectivity index (χ0v) is 11.2. The quantitative estimate of drug-likeness (QED) is 0.646. The highest BCUT2D eigenvalue weighted by Crippen LogP contribution is 2.21. The van der Waals surface area contributed by atoms with E-state index in [4.69, 9.17) is 15.9 Å². The first kappa shape index (κ1) is 13.8. The van der Waals surface area contributed by atoms with Gasteiger partial charge in [0, 0.05) is 12.5 Å². The fourth-order valence-corrected chi connectivity index (χ4v) is 2.47. The van der Waals surface area contributed by atoms with Crippen molar-refractivity contribution in [1.29, 1.82) is 5.41 Å².